The van der Waals surface area contributed by atoms with Crippen LogP contribution in [0.15, 0.2) is 81.7 Å². The molecule has 0 spiro atoms. The maximum Gasteiger partial charge on any atom is 0.261 e. The molecular formula is C28H30Br2N2O3. The molecular weight excluding hydrogens is 572 g/mol. The van der Waals surface area contributed by atoms with Crippen LogP contribution in [0.2, 0.25) is 0 Å². The molecule has 5 nitrogen and oxygen atoms in total. The minimum atomic E-state index is -0.682. The van der Waals surface area contributed by atoms with E-state index in [1.165, 1.54) is 5.56 Å². The average Bonchev–Trinajstić information content (AvgIpc) is 2.86. The van der Waals surface area contributed by atoms with Crippen molar-refractivity contribution < 1.29 is 14.3 Å². The molecule has 0 unspecified atom stereocenters. The predicted octanol–water partition coefficient (Wildman–Crippen LogP) is 5.93. The van der Waals surface area contributed by atoms with E-state index in [2.05, 4.69) is 44.1 Å². The van der Waals surface area contributed by atoms with Crippen LogP contribution in [-0.2, 0) is 29.0 Å². The highest BCUT2D eigenvalue weighted by Crippen LogP contribution is 2.26. The first-order chi connectivity index (χ1) is 16.9. The number of carbonyl (C=O) groups is 2. The van der Waals surface area contributed by atoms with Crippen LogP contribution >= 0.6 is 31.9 Å². The van der Waals surface area contributed by atoms with E-state index in [0.717, 1.165) is 26.5 Å². The van der Waals surface area contributed by atoms with Crippen LogP contribution in [0.3, 0.4) is 0 Å². The number of halogens is 2. The fraction of sp³-hybridized carbons (Fsp3) is 0.286. The van der Waals surface area contributed by atoms with Gasteiger partial charge in [0.05, 0.1) is 4.47 Å². The van der Waals surface area contributed by atoms with Gasteiger partial charge in [0.1, 0.15) is 11.8 Å². The maximum absolute atomic E-state index is 13.6. The van der Waals surface area contributed by atoms with Crippen LogP contribution in [-0.4, -0.2) is 35.9 Å². The maximum atomic E-state index is 13.6. The van der Waals surface area contributed by atoms with Gasteiger partial charge in [-0.3, -0.25) is 9.59 Å². The first-order valence-electron chi connectivity index (χ1n) is 11.7. The van der Waals surface area contributed by atoms with E-state index in [1.54, 1.807) is 4.90 Å². The standard InChI is InChI=1S/C28H30Br2N2O3/c1-3-20-13-14-26(24(30)16-20)35-19-27(33)32(18-22-11-8-12-23(29)15-22)25(28(34)31-4-2)17-21-9-6-5-7-10-21/h5-16,25H,3-4,17-19H2,1-2H3,(H,31,34)/t25-/m0/s1. The Bertz CT molecular complexity index is 1140. The summed E-state index contributed by atoms with van der Waals surface area (Å²) in [4.78, 5) is 28.4. The number of rotatable bonds is 11. The monoisotopic (exact) mass is 600 g/mol. The van der Waals surface area contributed by atoms with E-state index in [-0.39, 0.29) is 25.0 Å². The smallest absolute Gasteiger partial charge is 0.261 e. The van der Waals surface area contributed by atoms with Crippen molar-refractivity contribution >= 4 is 43.7 Å². The SMILES string of the molecule is CCNC(=O)[C@H](Cc1ccccc1)N(Cc1cccc(Br)c1)C(=O)COc1ccc(CC)cc1Br. The van der Waals surface area contributed by atoms with Crippen molar-refractivity contribution in [1.29, 1.82) is 0 Å². The van der Waals surface area contributed by atoms with E-state index in [0.29, 0.717) is 18.7 Å². The second-order valence-electron chi connectivity index (χ2n) is 8.16. The molecule has 1 N–H and O–H groups in total. The third kappa shape index (κ3) is 7.94. The van der Waals surface area contributed by atoms with Gasteiger partial charge in [0.25, 0.3) is 5.91 Å². The van der Waals surface area contributed by atoms with Gasteiger partial charge in [-0.2, -0.15) is 0 Å². The van der Waals surface area contributed by atoms with Crippen LogP contribution in [0.5, 0.6) is 5.75 Å². The van der Waals surface area contributed by atoms with Crippen LogP contribution in [0.4, 0.5) is 0 Å². The molecule has 0 aliphatic carbocycles. The normalized spacial score (nSPS) is 11.5. The molecule has 0 aliphatic heterocycles. The van der Waals surface area contributed by atoms with E-state index < -0.39 is 6.04 Å². The summed E-state index contributed by atoms with van der Waals surface area (Å²) in [6.45, 7) is 4.55. The van der Waals surface area contributed by atoms with Crippen molar-refractivity contribution in [3.8, 4) is 5.75 Å². The molecule has 3 aromatic carbocycles. The Labute approximate surface area is 224 Å². The second kappa shape index (κ2) is 13.4. The van der Waals surface area contributed by atoms with Gasteiger partial charge < -0.3 is 15.0 Å². The van der Waals surface area contributed by atoms with Gasteiger partial charge in [0.15, 0.2) is 6.61 Å². The number of carbonyl (C=O) groups excluding carboxylic acids is 2. The summed E-state index contributed by atoms with van der Waals surface area (Å²) in [6, 6.07) is 22.7. The Balaban J connectivity index is 1.89. The Morgan fingerprint density at radius 2 is 1.66 bits per heavy atom. The number of nitrogens with one attached hydrogen (secondary N) is 1. The zero-order chi connectivity index (χ0) is 25.2. The molecule has 35 heavy (non-hydrogen) atoms. The Morgan fingerprint density at radius 1 is 0.914 bits per heavy atom. The number of hydrogen-bond acceptors (Lipinski definition) is 3. The topological polar surface area (TPSA) is 58.6 Å². The molecule has 3 rings (SSSR count). The van der Waals surface area contributed by atoms with Crippen molar-refractivity contribution in [2.45, 2.75) is 39.3 Å². The molecule has 0 saturated carbocycles. The molecule has 7 heteroatoms. The number of aryl methyl sites for hydroxylation is 1. The van der Waals surface area contributed by atoms with Gasteiger partial charge in [-0.15, -0.1) is 0 Å². The highest BCUT2D eigenvalue weighted by Gasteiger charge is 2.30. The molecule has 3 aromatic rings. The lowest BCUT2D eigenvalue weighted by Crippen LogP contribution is -2.51. The third-order valence-electron chi connectivity index (χ3n) is 5.62. The largest absolute Gasteiger partial charge is 0.483 e. The lowest BCUT2D eigenvalue weighted by Gasteiger charge is -2.31. The number of nitrogens with zero attached hydrogens (tertiary/aromatic N) is 1. The van der Waals surface area contributed by atoms with Crippen molar-refractivity contribution in [3.63, 3.8) is 0 Å². The molecule has 0 aromatic heterocycles. The van der Waals surface area contributed by atoms with Gasteiger partial charge >= 0.3 is 0 Å². The van der Waals surface area contributed by atoms with E-state index in [9.17, 15) is 9.59 Å². The highest BCUT2D eigenvalue weighted by atomic mass is 79.9. The van der Waals surface area contributed by atoms with E-state index >= 15 is 0 Å². The van der Waals surface area contributed by atoms with Crippen molar-refractivity contribution in [1.82, 2.24) is 10.2 Å². The van der Waals surface area contributed by atoms with Gasteiger partial charge in [-0.05, 0) is 70.2 Å². The van der Waals surface area contributed by atoms with Crippen LogP contribution in [0, 0.1) is 0 Å². The quantitative estimate of drug-likeness (QED) is 0.296. The van der Waals surface area contributed by atoms with Crippen molar-refractivity contribution in [2.24, 2.45) is 0 Å². The number of amides is 2. The highest BCUT2D eigenvalue weighted by molar-refractivity contribution is 9.10. The van der Waals surface area contributed by atoms with Crippen LogP contribution in [0.25, 0.3) is 0 Å². The lowest BCUT2D eigenvalue weighted by molar-refractivity contribution is -0.142. The van der Waals surface area contributed by atoms with E-state index in [1.807, 2.05) is 79.7 Å². The average molecular weight is 602 g/mol. The first-order valence-corrected chi connectivity index (χ1v) is 13.3. The molecule has 0 bridgehead atoms. The summed E-state index contributed by atoms with van der Waals surface area (Å²) in [5, 5.41) is 2.90. The van der Waals surface area contributed by atoms with Crippen LogP contribution in [0.1, 0.15) is 30.5 Å². The zero-order valence-electron chi connectivity index (χ0n) is 20.0. The number of ether oxygens (including phenoxy) is 1. The zero-order valence-corrected chi connectivity index (χ0v) is 23.1. The predicted molar refractivity (Wildman–Crippen MR) is 146 cm³/mol. The first kappa shape index (κ1) is 27.0. The Hall–Kier alpha value is -2.64. The van der Waals surface area contributed by atoms with Gasteiger partial charge in [0, 0.05) is 24.0 Å². The summed E-state index contributed by atoms with van der Waals surface area (Å²) in [6.07, 6.45) is 1.31. The summed E-state index contributed by atoms with van der Waals surface area (Å²) in [5.41, 5.74) is 3.07. The molecule has 2 amide bonds. The lowest BCUT2D eigenvalue weighted by atomic mass is 10.0. The third-order valence-corrected chi connectivity index (χ3v) is 6.73. The summed E-state index contributed by atoms with van der Waals surface area (Å²) in [5.74, 6) is 0.146. The summed E-state index contributed by atoms with van der Waals surface area (Å²) >= 11 is 7.04. The van der Waals surface area contributed by atoms with E-state index in [4.69, 9.17) is 4.74 Å². The molecule has 184 valence electrons. The Morgan fingerprint density at radius 3 is 2.31 bits per heavy atom. The number of benzene rings is 3. The number of likely N-dealkylation sites (N-methyl/N-ethyl adjacent to an activating group) is 1. The second-order valence-corrected chi connectivity index (χ2v) is 9.93. The fourth-order valence-corrected chi connectivity index (χ4v) is 4.77. The molecule has 0 radical (unpaired) electrons. The molecule has 0 aliphatic rings. The van der Waals surface area contributed by atoms with Gasteiger partial charge in [-0.25, -0.2) is 0 Å². The number of hydrogen-bond donors (Lipinski definition) is 1. The van der Waals surface area contributed by atoms with Crippen LogP contribution < -0.4 is 10.1 Å². The molecule has 0 saturated heterocycles. The molecule has 1 atom stereocenters. The Kier molecular flexibility index (Phi) is 10.4. The summed E-state index contributed by atoms with van der Waals surface area (Å²) < 4.78 is 7.61. The molecule has 0 heterocycles. The van der Waals surface area contributed by atoms with Crippen molar-refractivity contribution in [2.75, 3.05) is 13.2 Å². The molecule has 0 fully saturated rings. The van der Waals surface area contributed by atoms with Crippen molar-refractivity contribution in [3.05, 3.63) is 98.4 Å². The minimum absolute atomic E-state index is 0.178. The fourth-order valence-electron chi connectivity index (χ4n) is 3.78. The minimum Gasteiger partial charge on any atom is -0.483 e. The van der Waals surface area contributed by atoms with Gasteiger partial charge in [-0.1, -0.05) is 71.4 Å². The summed E-state index contributed by atoms with van der Waals surface area (Å²) in [7, 11) is 0. The van der Waals surface area contributed by atoms with Gasteiger partial charge in [0.2, 0.25) is 5.91 Å².